The number of hydrogen-bond donors (Lipinski definition) is 1. The molecule has 1 rings (SSSR count). The Morgan fingerprint density at radius 1 is 1.50 bits per heavy atom. The number of nitrogens with zero attached hydrogens (tertiary/aromatic N) is 1. The van der Waals surface area contributed by atoms with E-state index in [0.29, 0.717) is 19.6 Å². The van der Waals surface area contributed by atoms with Gasteiger partial charge in [-0.2, -0.15) is 0 Å². The van der Waals surface area contributed by atoms with Gasteiger partial charge in [0.2, 0.25) is 0 Å². The summed E-state index contributed by atoms with van der Waals surface area (Å²) >= 11 is 0. The van der Waals surface area contributed by atoms with Gasteiger partial charge in [0.05, 0.1) is 12.5 Å². The molecule has 16 heavy (non-hydrogen) atoms. The van der Waals surface area contributed by atoms with Crippen molar-refractivity contribution in [1.82, 2.24) is 4.90 Å². The lowest BCUT2D eigenvalue weighted by atomic mass is 10.0. The molecule has 0 saturated carbocycles. The monoisotopic (exact) mass is 229 g/mol. The third-order valence-electron chi connectivity index (χ3n) is 3.00. The number of ether oxygens (including phenoxy) is 1. The van der Waals surface area contributed by atoms with E-state index in [2.05, 4.69) is 0 Å². The average Bonchev–Trinajstić information content (AvgIpc) is 2.64. The molecule has 0 aromatic carbocycles. The lowest BCUT2D eigenvalue weighted by Gasteiger charge is -2.21. The third kappa shape index (κ3) is 3.40. The molecular formula is C11H19NO4. The number of rotatable bonds is 6. The van der Waals surface area contributed by atoms with Crippen LogP contribution in [-0.4, -0.2) is 41.3 Å². The SMILES string of the molecule is CC(CCCC(C)N1CCOC1=O)C(=O)O. The van der Waals surface area contributed by atoms with Crippen LogP contribution < -0.4 is 0 Å². The van der Waals surface area contributed by atoms with E-state index in [-0.39, 0.29) is 18.1 Å². The van der Waals surface area contributed by atoms with E-state index < -0.39 is 5.97 Å². The molecule has 0 aliphatic carbocycles. The predicted molar refractivity (Wildman–Crippen MR) is 58.2 cm³/mol. The largest absolute Gasteiger partial charge is 0.481 e. The Morgan fingerprint density at radius 3 is 2.69 bits per heavy atom. The van der Waals surface area contributed by atoms with Gasteiger partial charge in [0, 0.05) is 6.04 Å². The molecule has 0 aromatic heterocycles. The number of carbonyl (C=O) groups is 2. The van der Waals surface area contributed by atoms with Crippen molar-refractivity contribution in [2.45, 2.75) is 39.2 Å². The van der Waals surface area contributed by atoms with Crippen LogP contribution in [0.1, 0.15) is 33.1 Å². The Labute approximate surface area is 95.4 Å². The number of cyclic esters (lactones) is 1. The highest BCUT2D eigenvalue weighted by Crippen LogP contribution is 2.16. The zero-order valence-corrected chi connectivity index (χ0v) is 9.81. The van der Waals surface area contributed by atoms with Crippen LogP contribution in [0.25, 0.3) is 0 Å². The number of carbonyl (C=O) groups excluding carboxylic acids is 1. The van der Waals surface area contributed by atoms with Gasteiger partial charge in [-0.1, -0.05) is 13.3 Å². The zero-order chi connectivity index (χ0) is 12.1. The maximum atomic E-state index is 11.2. The summed E-state index contributed by atoms with van der Waals surface area (Å²) in [5.74, 6) is -1.06. The van der Waals surface area contributed by atoms with Crippen molar-refractivity contribution >= 4 is 12.1 Å². The first-order valence-electron chi connectivity index (χ1n) is 5.68. The van der Waals surface area contributed by atoms with Gasteiger partial charge < -0.3 is 14.7 Å². The van der Waals surface area contributed by atoms with Gasteiger partial charge in [0.15, 0.2) is 0 Å². The van der Waals surface area contributed by atoms with Crippen LogP contribution in [0.15, 0.2) is 0 Å². The first-order chi connectivity index (χ1) is 7.52. The molecule has 1 fully saturated rings. The molecule has 2 unspecified atom stereocenters. The second kappa shape index (κ2) is 5.72. The standard InChI is InChI=1S/C11H19NO4/c1-8(10(13)14)4-3-5-9(2)12-6-7-16-11(12)15/h8-9H,3-7H2,1-2H3,(H,13,14). The minimum Gasteiger partial charge on any atom is -0.481 e. The highest BCUT2D eigenvalue weighted by molar-refractivity contribution is 5.70. The molecule has 2 atom stereocenters. The molecule has 5 heteroatoms. The lowest BCUT2D eigenvalue weighted by molar-refractivity contribution is -0.141. The van der Waals surface area contributed by atoms with Crippen LogP contribution in [0.5, 0.6) is 0 Å². The van der Waals surface area contributed by atoms with E-state index in [4.69, 9.17) is 9.84 Å². The Kier molecular flexibility index (Phi) is 4.58. The molecule has 1 aliphatic heterocycles. The molecule has 1 heterocycles. The highest BCUT2D eigenvalue weighted by atomic mass is 16.6. The quantitative estimate of drug-likeness (QED) is 0.753. The van der Waals surface area contributed by atoms with E-state index >= 15 is 0 Å². The molecule has 1 N–H and O–H groups in total. The lowest BCUT2D eigenvalue weighted by Crippen LogP contribution is -2.33. The normalized spacial score (nSPS) is 19.4. The van der Waals surface area contributed by atoms with Crippen LogP contribution in [0.4, 0.5) is 4.79 Å². The number of amides is 1. The maximum Gasteiger partial charge on any atom is 0.410 e. The molecule has 0 radical (unpaired) electrons. The first-order valence-corrected chi connectivity index (χ1v) is 5.68. The fourth-order valence-electron chi connectivity index (χ4n) is 1.80. The van der Waals surface area contributed by atoms with E-state index in [9.17, 15) is 9.59 Å². The molecule has 0 aromatic rings. The first kappa shape index (κ1) is 12.8. The van der Waals surface area contributed by atoms with Crippen LogP contribution in [0.3, 0.4) is 0 Å². The van der Waals surface area contributed by atoms with Gasteiger partial charge in [-0.25, -0.2) is 4.79 Å². The number of hydrogen-bond acceptors (Lipinski definition) is 3. The summed E-state index contributed by atoms with van der Waals surface area (Å²) in [6, 6.07) is 0.135. The third-order valence-corrected chi connectivity index (χ3v) is 3.00. The van der Waals surface area contributed by atoms with Gasteiger partial charge >= 0.3 is 12.1 Å². The minimum atomic E-state index is -0.756. The van der Waals surface area contributed by atoms with Crippen LogP contribution in [-0.2, 0) is 9.53 Å². The highest BCUT2D eigenvalue weighted by Gasteiger charge is 2.26. The van der Waals surface area contributed by atoms with Crippen molar-refractivity contribution in [1.29, 1.82) is 0 Å². The Morgan fingerprint density at radius 2 is 2.19 bits per heavy atom. The Balaban J connectivity index is 2.22. The summed E-state index contributed by atoms with van der Waals surface area (Å²) in [6.45, 7) is 4.79. The molecular weight excluding hydrogens is 210 g/mol. The second-order valence-electron chi connectivity index (χ2n) is 4.33. The smallest absolute Gasteiger partial charge is 0.410 e. The van der Waals surface area contributed by atoms with E-state index in [1.807, 2.05) is 6.92 Å². The maximum absolute atomic E-state index is 11.2. The topological polar surface area (TPSA) is 66.8 Å². The number of carboxylic acids is 1. The van der Waals surface area contributed by atoms with Crippen molar-refractivity contribution in [3.8, 4) is 0 Å². The molecule has 1 saturated heterocycles. The molecule has 5 nitrogen and oxygen atoms in total. The van der Waals surface area contributed by atoms with Crippen molar-refractivity contribution in [2.75, 3.05) is 13.2 Å². The van der Waals surface area contributed by atoms with E-state index in [1.54, 1.807) is 11.8 Å². The van der Waals surface area contributed by atoms with E-state index in [0.717, 1.165) is 12.8 Å². The van der Waals surface area contributed by atoms with E-state index in [1.165, 1.54) is 0 Å². The summed E-state index contributed by atoms with van der Waals surface area (Å²) in [5, 5.41) is 8.72. The van der Waals surface area contributed by atoms with Gasteiger partial charge in [-0.15, -0.1) is 0 Å². The predicted octanol–water partition coefficient (Wildman–Crippen LogP) is 1.72. The Hall–Kier alpha value is -1.26. The van der Waals surface area contributed by atoms with Crippen molar-refractivity contribution < 1.29 is 19.4 Å². The van der Waals surface area contributed by atoms with Gasteiger partial charge in [-0.05, 0) is 19.8 Å². The molecule has 0 bridgehead atoms. The summed E-state index contributed by atoms with van der Waals surface area (Å²) in [7, 11) is 0. The zero-order valence-electron chi connectivity index (χ0n) is 9.81. The van der Waals surface area contributed by atoms with Gasteiger partial charge in [0.25, 0.3) is 0 Å². The van der Waals surface area contributed by atoms with Gasteiger partial charge in [-0.3, -0.25) is 4.79 Å². The minimum absolute atomic E-state index is 0.135. The van der Waals surface area contributed by atoms with Gasteiger partial charge in [0.1, 0.15) is 6.61 Å². The van der Waals surface area contributed by atoms with Crippen molar-refractivity contribution in [3.05, 3.63) is 0 Å². The second-order valence-corrected chi connectivity index (χ2v) is 4.33. The van der Waals surface area contributed by atoms with Crippen molar-refractivity contribution in [3.63, 3.8) is 0 Å². The van der Waals surface area contributed by atoms with Crippen LogP contribution >= 0.6 is 0 Å². The fraction of sp³-hybridized carbons (Fsp3) is 0.818. The number of carboxylic acid groups (broad SMARTS) is 1. The molecule has 92 valence electrons. The number of aliphatic carboxylic acids is 1. The summed E-state index contributed by atoms with van der Waals surface area (Å²) in [6.07, 6.45) is 2.05. The van der Waals surface area contributed by atoms with Crippen molar-refractivity contribution in [2.24, 2.45) is 5.92 Å². The van der Waals surface area contributed by atoms with Crippen LogP contribution in [0.2, 0.25) is 0 Å². The summed E-state index contributed by atoms with van der Waals surface area (Å²) in [5.41, 5.74) is 0. The fourth-order valence-corrected chi connectivity index (χ4v) is 1.80. The molecule has 1 amide bonds. The van der Waals surface area contributed by atoms with Crippen LogP contribution in [0, 0.1) is 5.92 Å². The molecule has 1 aliphatic rings. The molecule has 0 spiro atoms. The average molecular weight is 229 g/mol. The Bertz CT molecular complexity index is 267. The summed E-state index contributed by atoms with van der Waals surface area (Å²) < 4.78 is 4.85. The summed E-state index contributed by atoms with van der Waals surface area (Å²) in [4.78, 5) is 23.5.